The highest BCUT2D eigenvalue weighted by molar-refractivity contribution is 6.32. The van der Waals surface area contributed by atoms with Crippen molar-refractivity contribution in [1.29, 1.82) is 0 Å². The predicted octanol–water partition coefficient (Wildman–Crippen LogP) is 2.94. The van der Waals surface area contributed by atoms with Crippen molar-refractivity contribution in [3.63, 3.8) is 0 Å². The molecule has 2 amide bonds. The molecule has 0 aliphatic carbocycles. The fraction of sp³-hybridized carbons (Fsp3) is 0.158. The first kappa shape index (κ1) is 17.0. The minimum Gasteiger partial charge on any atom is -0.497 e. The van der Waals surface area contributed by atoms with Gasteiger partial charge in [-0.25, -0.2) is 4.90 Å². The number of ether oxygens (including phenoxy) is 1. The lowest BCUT2D eigenvalue weighted by Crippen LogP contribution is -2.33. The molecular weight excluding hydrogens is 340 g/mol. The average molecular weight is 357 g/mol. The van der Waals surface area contributed by atoms with Crippen LogP contribution >= 0.6 is 11.6 Å². The van der Waals surface area contributed by atoms with Crippen LogP contribution in [-0.2, 0) is 16.0 Å². The third kappa shape index (κ3) is 3.83. The van der Waals surface area contributed by atoms with E-state index in [4.69, 9.17) is 16.3 Å². The van der Waals surface area contributed by atoms with Crippen LogP contribution in [0.1, 0.15) is 5.56 Å². The molecule has 25 heavy (non-hydrogen) atoms. The number of methoxy groups -OCH3 is 1. The number of imide groups is 1. The molecule has 0 fully saturated rings. The maximum atomic E-state index is 12.5. The second kappa shape index (κ2) is 7.40. The lowest BCUT2D eigenvalue weighted by Gasteiger charge is -2.15. The van der Waals surface area contributed by atoms with Gasteiger partial charge in [0.15, 0.2) is 0 Å². The Morgan fingerprint density at radius 2 is 1.72 bits per heavy atom. The van der Waals surface area contributed by atoms with E-state index >= 15 is 0 Å². The van der Waals surface area contributed by atoms with Gasteiger partial charge in [0, 0.05) is 17.6 Å². The lowest BCUT2D eigenvalue weighted by molar-refractivity contribution is -0.120. The summed E-state index contributed by atoms with van der Waals surface area (Å²) in [4.78, 5) is 25.7. The second-order valence-electron chi connectivity index (χ2n) is 5.54. The van der Waals surface area contributed by atoms with E-state index in [0.717, 1.165) is 22.6 Å². The average Bonchev–Trinajstić information content (AvgIpc) is 2.90. The Morgan fingerprint density at radius 1 is 1.04 bits per heavy atom. The van der Waals surface area contributed by atoms with Crippen molar-refractivity contribution in [3.8, 4) is 5.75 Å². The van der Waals surface area contributed by atoms with E-state index in [1.54, 1.807) is 31.4 Å². The molecule has 0 aromatic heterocycles. The zero-order valence-corrected chi connectivity index (χ0v) is 14.4. The first-order chi connectivity index (χ1) is 12.1. The highest BCUT2D eigenvalue weighted by Gasteiger charge is 2.32. The van der Waals surface area contributed by atoms with E-state index in [2.05, 4.69) is 5.32 Å². The molecule has 0 unspecified atom stereocenters. The highest BCUT2D eigenvalue weighted by atomic mass is 35.5. The van der Waals surface area contributed by atoms with Crippen LogP contribution in [0.5, 0.6) is 5.75 Å². The topological polar surface area (TPSA) is 58.6 Å². The highest BCUT2D eigenvalue weighted by Crippen LogP contribution is 2.23. The number of nitrogens with zero attached hydrogens (tertiary/aromatic N) is 1. The first-order valence-corrected chi connectivity index (χ1v) is 8.19. The molecule has 2 aromatic rings. The minimum atomic E-state index is -0.362. The Morgan fingerprint density at radius 3 is 2.36 bits per heavy atom. The number of hydrogen-bond acceptors (Lipinski definition) is 4. The summed E-state index contributed by atoms with van der Waals surface area (Å²) >= 11 is 5.84. The van der Waals surface area contributed by atoms with Gasteiger partial charge in [0.2, 0.25) is 0 Å². The molecule has 1 aliphatic rings. The molecule has 0 atom stereocenters. The van der Waals surface area contributed by atoms with Crippen LogP contribution in [0.3, 0.4) is 0 Å². The number of carbonyl (C=O) groups is 2. The van der Waals surface area contributed by atoms with Gasteiger partial charge in [-0.15, -0.1) is 0 Å². The molecule has 2 aromatic carbocycles. The van der Waals surface area contributed by atoms with Gasteiger partial charge in [-0.3, -0.25) is 9.59 Å². The Balaban J connectivity index is 1.59. The normalized spacial score (nSPS) is 13.8. The monoisotopic (exact) mass is 356 g/mol. The molecule has 128 valence electrons. The summed E-state index contributed by atoms with van der Waals surface area (Å²) in [6.07, 6.45) is 2.05. The van der Waals surface area contributed by atoms with E-state index in [0.29, 0.717) is 23.0 Å². The lowest BCUT2D eigenvalue weighted by atomic mass is 10.1. The van der Waals surface area contributed by atoms with Gasteiger partial charge in [0.05, 0.1) is 12.8 Å². The summed E-state index contributed by atoms with van der Waals surface area (Å²) in [5, 5.41) is 3.59. The van der Waals surface area contributed by atoms with Crippen LogP contribution in [0.2, 0.25) is 5.02 Å². The van der Waals surface area contributed by atoms with Crippen LogP contribution in [0.4, 0.5) is 5.69 Å². The van der Waals surface area contributed by atoms with Crippen molar-refractivity contribution < 1.29 is 14.3 Å². The summed E-state index contributed by atoms with van der Waals surface area (Å²) in [6.45, 7) is 0.547. The Labute approximate surface area is 150 Å². The summed E-state index contributed by atoms with van der Waals surface area (Å²) in [6, 6.07) is 14.3. The first-order valence-electron chi connectivity index (χ1n) is 7.81. The number of benzene rings is 2. The third-order valence-electron chi connectivity index (χ3n) is 3.89. The number of anilines is 1. The number of nitrogens with one attached hydrogen (secondary N) is 1. The Bertz CT molecular complexity index is 814. The molecule has 0 saturated heterocycles. The van der Waals surface area contributed by atoms with Crippen LogP contribution in [0.25, 0.3) is 0 Å². The Kier molecular flexibility index (Phi) is 5.05. The van der Waals surface area contributed by atoms with E-state index < -0.39 is 0 Å². The Hall–Kier alpha value is -2.79. The summed E-state index contributed by atoms with van der Waals surface area (Å²) in [5.41, 5.74) is 1.91. The van der Waals surface area contributed by atoms with Crippen molar-refractivity contribution >= 4 is 29.1 Å². The van der Waals surface area contributed by atoms with Gasteiger partial charge in [0.1, 0.15) is 11.4 Å². The molecule has 0 radical (unpaired) electrons. The maximum Gasteiger partial charge on any atom is 0.281 e. The predicted molar refractivity (Wildman–Crippen MR) is 96.7 cm³/mol. The van der Waals surface area contributed by atoms with Crippen molar-refractivity contribution in [2.75, 3.05) is 18.6 Å². The second-order valence-corrected chi connectivity index (χ2v) is 5.97. The number of carbonyl (C=O) groups excluding carboxylic acids is 2. The number of amides is 2. The summed E-state index contributed by atoms with van der Waals surface area (Å²) in [7, 11) is 1.62. The van der Waals surface area contributed by atoms with E-state index in [9.17, 15) is 9.59 Å². The standard InChI is InChI=1S/C19H17ClN2O3/c1-25-16-8-2-13(3-9-16)10-11-21-17-12-18(23)22(19(17)24)15-6-4-14(20)5-7-15/h2-9,12,21H,10-11H2,1H3. The van der Waals surface area contributed by atoms with Crippen molar-refractivity contribution in [3.05, 3.63) is 70.9 Å². The number of rotatable bonds is 6. The molecule has 1 aliphatic heterocycles. The fourth-order valence-corrected chi connectivity index (χ4v) is 2.69. The van der Waals surface area contributed by atoms with E-state index in [-0.39, 0.29) is 11.8 Å². The zero-order valence-electron chi connectivity index (χ0n) is 13.7. The van der Waals surface area contributed by atoms with Crippen LogP contribution in [-0.4, -0.2) is 25.5 Å². The smallest absolute Gasteiger partial charge is 0.281 e. The van der Waals surface area contributed by atoms with Crippen molar-refractivity contribution in [2.45, 2.75) is 6.42 Å². The van der Waals surface area contributed by atoms with Crippen LogP contribution < -0.4 is 15.0 Å². The van der Waals surface area contributed by atoms with Crippen molar-refractivity contribution in [2.24, 2.45) is 0 Å². The zero-order chi connectivity index (χ0) is 17.8. The van der Waals surface area contributed by atoms with Gasteiger partial charge in [-0.2, -0.15) is 0 Å². The van der Waals surface area contributed by atoms with Gasteiger partial charge in [-0.1, -0.05) is 23.7 Å². The van der Waals surface area contributed by atoms with E-state index in [1.165, 1.54) is 6.08 Å². The summed E-state index contributed by atoms with van der Waals surface area (Å²) in [5.74, 6) is 0.0796. The maximum absolute atomic E-state index is 12.5. The molecule has 0 saturated carbocycles. The number of halogens is 1. The molecule has 5 nitrogen and oxygen atoms in total. The van der Waals surface area contributed by atoms with Gasteiger partial charge in [-0.05, 0) is 48.4 Å². The SMILES string of the molecule is COc1ccc(CCNC2=CC(=O)N(c3ccc(Cl)cc3)C2=O)cc1. The number of hydrogen-bond donors (Lipinski definition) is 1. The summed E-state index contributed by atoms with van der Waals surface area (Å²) < 4.78 is 5.12. The molecular formula is C19H17ClN2O3. The molecule has 1 heterocycles. The molecule has 0 spiro atoms. The van der Waals surface area contributed by atoms with Crippen molar-refractivity contribution in [1.82, 2.24) is 5.32 Å². The molecule has 3 rings (SSSR count). The minimum absolute atomic E-state index is 0.300. The molecule has 1 N–H and O–H groups in total. The molecule has 6 heteroatoms. The van der Waals surface area contributed by atoms with E-state index in [1.807, 2.05) is 24.3 Å². The molecule has 0 bridgehead atoms. The fourth-order valence-electron chi connectivity index (χ4n) is 2.57. The van der Waals surface area contributed by atoms with Gasteiger partial charge >= 0.3 is 0 Å². The van der Waals surface area contributed by atoms with Gasteiger partial charge < -0.3 is 10.1 Å². The van der Waals surface area contributed by atoms with Gasteiger partial charge in [0.25, 0.3) is 11.8 Å². The van der Waals surface area contributed by atoms with Crippen LogP contribution in [0.15, 0.2) is 60.3 Å². The third-order valence-corrected chi connectivity index (χ3v) is 4.15. The largest absolute Gasteiger partial charge is 0.497 e. The van der Waals surface area contributed by atoms with Crippen LogP contribution in [0, 0.1) is 0 Å². The quantitative estimate of drug-likeness (QED) is 0.808.